The largest absolute Gasteiger partial charge is 0.362 e. The molecule has 0 aliphatic carbocycles. The fourth-order valence-corrected chi connectivity index (χ4v) is 1.98. The smallest absolute Gasteiger partial charge is 0.255 e. The highest BCUT2D eigenvalue weighted by atomic mass is 16.5. The van der Waals surface area contributed by atoms with Gasteiger partial charge in [0, 0.05) is 12.6 Å². The highest BCUT2D eigenvalue weighted by Crippen LogP contribution is 2.06. The Bertz CT molecular complexity index is 265. The Morgan fingerprint density at radius 2 is 1.94 bits per heavy atom. The van der Waals surface area contributed by atoms with Gasteiger partial charge < -0.3 is 10.1 Å². The van der Waals surface area contributed by atoms with Gasteiger partial charge in [0.25, 0.3) is 11.8 Å². The van der Waals surface area contributed by atoms with E-state index in [1.165, 1.54) is 4.90 Å². The minimum Gasteiger partial charge on any atom is -0.362 e. The predicted octanol–water partition coefficient (Wildman–Crippen LogP) is 0.930. The van der Waals surface area contributed by atoms with Gasteiger partial charge in [-0.05, 0) is 32.7 Å². The maximum absolute atomic E-state index is 11.4. The number of nitrogens with one attached hydrogen (secondary N) is 1. The van der Waals surface area contributed by atoms with Crippen molar-refractivity contribution in [3.8, 4) is 0 Å². The van der Waals surface area contributed by atoms with Crippen LogP contribution in [0.1, 0.15) is 39.5 Å². The van der Waals surface area contributed by atoms with Gasteiger partial charge in [-0.1, -0.05) is 13.3 Å². The summed E-state index contributed by atoms with van der Waals surface area (Å²) in [5.41, 5.74) is 0. The summed E-state index contributed by atoms with van der Waals surface area (Å²) in [5.74, 6) is -0.410. The van der Waals surface area contributed by atoms with E-state index in [9.17, 15) is 9.59 Å². The highest BCUT2D eigenvalue weighted by Gasteiger charge is 2.25. The number of ether oxygens (including phenoxy) is 1. The molecule has 1 fully saturated rings. The molecule has 0 bridgehead atoms. The summed E-state index contributed by atoms with van der Waals surface area (Å²) in [5, 5.41) is 3.42. The molecule has 104 valence electrons. The van der Waals surface area contributed by atoms with Gasteiger partial charge >= 0.3 is 0 Å². The molecule has 1 unspecified atom stereocenters. The first-order chi connectivity index (χ1) is 8.65. The molecule has 0 saturated carbocycles. The molecule has 1 rings (SSSR count). The first-order valence-corrected chi connectivity index (χ1v) is 6.79. The molecule has 5 heteroatoms. The standard InChI is InChI=1S/C13H24N2O3/c1-3-7-14-11(2)6-4-5-8-15-12(16)9-18-10-13(15)17/h11,14H,3-10H2,1-2H3. The number of amides is 2. The van der Waals surface area contributed by atoms with Crippen molar-refractivity contribution in [2.24, 2.45) is 0 Å². The summed E-state index contributed by atoms with van der Waals surface area (Å²) >= 11 is 0. The second kappa shape index (κ2) is 8.21. The maximum atomic E-state index is 11.4. The Balaban J connectivity index is 2.13. The van der Waals surface area contributed by atoms with Crippen molar-refractivity contribution >= 4 is 11.8 Å². The van der Waals surface area contributed by atoms with Crippen molar-refractivity contribution in [3.63, 3.8) is 0 Å². The maximum Gasteiger partial charge on any atom is 0.255 e. The lowest BCUT2D eigenvalue weighted by molar-refractivity contribution is -0.158. The van der Waals surface area contributed by atoms with Crippen LogP contribution in [0, 0.1) is 0 Å². The molecule has 0 radical (unpaired) electrons. The molecule has 1 atom stereocenters. The van der Waals surface area contributed by atoms with Crippen LogP contribution in [-0.2, 0) is 14.3 Å². The van der Waals surface area contributed by atoms with Crippen LogP contribution >= 0.6 is 0 Å². The van der Waals surface area contributed by atoms with Crippen LogP contribution in [0.5, 0.6) is 0 Å². The number of hydrogen-bond donors (Lipinski definition) is 1. The van der Waals surface area contributed by atoms with Gasteiger partial charge in [-0.15, -0.1) is 0 Å². The molecule has 0 aromatic rings. The molecule has 0 aromatic heterocycles. The summed E-state index contributed by atoms with van der Waals surface area (Å²) in [6.07, 6.45) is 4.11. The molecule has 1 heterocycles. The molecule has 1 saturated heterocycles. The van der Waals surface area contributed by atoms with Crippen LogP contribution in [0.15, 0.2) is 0 Å². The van der Waals surface area contributed by atoms with Gasteiger partial charge in [0.05, 0.1) is 0 Å². The average Bonchev–Trinajstić information content (AvgIpc) is 2.35. The van der Waals surface area contributed by atoms with E-state index in [0.717, 1.165) is 32.2 Å². The number of nitrogens with zero attached hydrogens (tertiary/aromatic N) is 1. The van der Waals surface area contributed by atoms with Crippen LogP contribution < -0.4 is 5.32 Å². The normalized spacial score (nSPS) is 18.2. The first-order valence-electron chi connectivity index (χ1n) is 6.79. The van der Waals surface area contributed by atoms with E-state index in [1.807, 2.05) is 0 Å². The number of hydrogen-bond acceptors (Lipinski definition) is 4. The predicted molar refractivity (Wildman–Crippen MR) is 69.1 cm³/mol. The Morgan fingerprint density at radius 1 is 1.28 bits per heavy atom. The van der Waals surface area contributed by atoms with E-state index < -0.39 is 0 Å². The summed E-state index contributed by atoms with van der Waals surface area (Å²) in [7, 11) is 0. The molecule has 1 aliphatic heterocycles. The number of morpholine rings is 1. The fraction of sp³-hybridized carbons (Fsp3) is 0.846. The molecule has 1 N–H and O–H groups in total. The second-order valence-corrected chi connectivity index (χ2v) is 4.78. The first kappa shape index (κ1) is 15.1. The third-order valence-electron chi connectivity index (χ3n) is 3.06. The van der Waals surface area contributed by atoms with Crippen molar-refractivity contribution in [2.75, 3.05) is 26.3 Å². The average molecular weight is 256 g/mol. The van der Waals surface area contributed by atoms with Gasteiger partial charge in [0.1, 0.15) is 13.2 Å². The molecule has 1 aliphatic rings. The number of rotatable bonds is 8. The summed E-state index contributed by atoms with van der Waals surface area (Å²) < 4.78 is 4.86. The van der Waals surface area contributed by atoms with E-state index in [1.54, 1.807) is 0 Å². The fourth-order valence-electron chi connectivity index (χ4n) is 1.98. The monoisotopic (exact) mass is 256 g/mol. The zero-order chi connectivity index (χ0) is 13.4. The number of carbonyl (C=O) groups is 2. The summed E-state index contributed by atoms with van der Waals surface area (Å²) in [6.45, 7) is 5.97. The third kappa shape index (κ3) is 5.14. The minimum atomic E-state index is -0.205. The lowest BCUT2D eigenvalue weighted by Gasteiger charge is -2.25. The molecule has 0 aromatic carbocycles. The zero-order valence-electron chi connectivity index (χ0n) is 11.4. The quantitative estimate of drug-likeness (QED) is 0.518. The van der Waals surface area contributed by atoms with Gasteiger partial charge in [0.2, 0.25) is 0 Å². The number of carbonyl (C=O) groups excluding carboxylic acids is 2. The van der Waals surface area contributed by atoms with Crippen LogP contribution in [0.3, 0.4) is 0 Å². The van der Waals surface area contributed by atoms with E-state index >= 15 is 0 Å². The van der Waals surface area contributed by atoms with Crippen molar-refractivity contribution < 1.29 is 14.3 Å². The second-order valence-electron chi connectivity index (χ2n) is 4.78. The lowest BCUT2D eigenvalue weighted by Crippen LogP contribution is -2.46. The Morgan fingerprint density at radius 3 is 2.56 bits per heavy atom. The Hall–Kier alpha value is -0.940. The van der Waals surface area contributed by atoms with Crippen LogP contribution in [0.2, 0.25) is 0 Å². The molecular weight excluding hydrogens is 232 g/mol. The Labute approximate surface area is 109 Å². The SMILES string of the molecule is CCCNC(C)CCCCN1C(=O)COCC1=O. The molecular formula is C13H24N2O3. The van der Waals surface area contributed by atoms with Gasteiger partial charge in [-0.25, -0.2) is 0 Å². The van der Waals surface area contributed by atoms with Gasteiger partial charge in [-0.2, -0.15) is 0 Å². The van der Waals surface area contributed by atoms with E-state index in [0.29, 0.717) is 12.6 Å². The van der Waals surface area contributed by atoms with Crippen molar-refractivity contribution in [3.05, 3.63) is 0 Å². The third-order valence-corrected chi connectivity index (χ3v) is 3.06. The lowest BCUT2D eigenvalue weighted by atomic mass is 10.1. The van der Waals surface area contributed by atoms with Crippen molar-refractivity contribution in [2.45, 2.75) is 45.6 Å². The number of unbranched alkanes of at least 4 members (excludes halogenated alkanes) is 1. The molecule has 5 nitrogen and oxygen atoms in total. The van der Waals surface area contributed by atoms with Crippen molar-refractivity contribution in [1.29, 1.82) is 0 Å². The highest BCUT2D eigenvalue weighted by molar-refractivity contribution is 5.98. The van der Waals surface area contributed by atoms with Crippen LogP contribution in [0.25, 0.3) is 0 Å². The van der Waals surface area contributed by atoms with E-state index in [2.05, 4.69) is 19.2 Å². The van der Waals surface area contributed by atoms with Gasteiger partial charge in [-0.3, -0.25) is 14.5 Å². The van der Waals surface area contributed by atoms with Crippen molar-refractivity contribution in [1.82, 2.24) is 10.2 Å². The molecule has 0 spiro atoms. The van der Waals surface area contributed by atoms with E-state index in [4.69, 9.17) is 4.74 Å². The summed E-state index contributed by atoms with van der Waals surface area (Å²) in [6, 6.07) is 0.501. The van der Waals surface area contributed by atoms with Crippen LogP contribution in [-0.4, -0.2) is 49.1 Å². The topological polar surface area (TPSA) is 58.6 Å². The summed E-state index contributed by atoms with van der Waals surface area (Å²) in [4.78, 5) is 24.2. The minimum absolute atomic E-state index is 0.0419. The van der Waals surface area contributed by atoms with Crippen LogP contribution in [0.4, 0.5) is 0 Å². The number of imide groups is 1. The molecule has 18 heavy (non-hydrogen) atoms. The van der Waals surface area contributed by atoms with E-state index in [-0.39, 0.29) is 25.0 Å². The molecule has 2 amide bonds. The Kier molecular flexibility index (Phi) is 6.90. The zero-order valence-corrected chi connectivity index (χ0v) is 11.4. The van der Waals surface area contributed by atoms with Gasteiger partial charge in [0.15, 0.2) is 0 Å².